The van der Waals surface area contributed by atoms with Gasteiger partial charge in [0.2, 0.25) is 0 Å². The molecule has 0 fully saturated rings. The predicted molar refractivity (Wildman–Crippen MR) is 66.2 cm³/mol. The predicted octanol–water partition coefficient (Wildman–Crippen LogP) is 2.74. The summed E-state index contributed by atoms with van der Waals surface area (Å²) < 4.78 is 4.17. The minimum absolute atomic E-state index is 0.329. The molecule has 0 spiro atoms. The van der Waals surface area contributed by atoms with Crippen molar-refractivity contribution in [2.24, 2.45) is 10.2 Å². The highest BCUT2D eigenvalue weighted by Gasteiger charge is 2.19. The fourth-order valence-electron chi connectivity index (χ4n) is 0.412. The van der Waals surface area contributed by atoms with Gasteiger partial charge in [0.05, 0.1) is 18.4 Å². The van der Waals surface area contributed by atoms with Crippen LogP contribution in [0.2, 0.25) is 0 Å². The molecule has 0 radical (unpaired) electrons. The Morgan fingerprint density at radius 1 is 1.17 bits per heavy atom. The van der Waals surface area contributed by atoms with Crippen molar-refractivity contribution < 1.29 is 9.53 Å². The van der Waals surface area contributed by atoms with Crippen LogP contribution in [0, 0.1) is 22.7 Å². The number of carbonyl (C=O) groups excluding carboxylic acids is 1. The van der Waals surface area contributed by atoms with Crippen LogP contribution in [0.3, 0.4) is 0 Å². The number of rotatable bonds is 3. The molecule has 0 saturated carbocycles. The molecule has 0 atom stereocenters. The van der Waals surface area contributed by atoms with Gasteiger partial charge in [-0.1, -0.05) is 6.58 Å². The highest BCUT2D eigenvalue weighted by molar-refractivity contribution is 5.66. The smallest absolute Gasteiger partial charge is 0.307 e. The van der Waals surface area contributed by atoms with E-state index in [2.05, 4.69) is 21.5 Å². The third-order valence-electron chi connectivity index (χ3n) is 1.35. The first kappa shape index (κ1) is 18.2. The first-order valence-electron chi connectivity index (χ1n) is 5.15. The van der Waals surface area contributed by atoms with Gasteiger partial charge in [-0.3, -0.25) is 4.79 Å². The van der Waals surface area contributed by atoms with E-state index < -0.39 is 11.1 Å². The zero-order chi connectivity index (χ0) is 14.8. The van der Waals surface area contributed by atoms with E-state index in [9.17, 15) is 4.79 Å². The van der Waals surface area contributed by atoms with Crippen molar-refractivity contribution in [3.8, 4) is 12.1 Å². The molecule has 0 aliphatic carbocycles. The van der Waals surface area contributed by atoms with Crippen LogP contribution in [0.15, 0.2) is 23.1 Å². The minimum atomic E-state index is -0.839. The molecule has 18 heavy (non-hydrogen) atoms. The molecule has 0 aliphatic rings. The lowest BCUT2D eigenvalue weighted by molar-refractivity contribution is -0.135. The molecule has 6 heteroatoms. The Hall–Kier alpha value is -2.21. The van der Waals surface area contributed by atoms with E-state index >= 15 is 0 Å². The third kappa shape index (κ3) is 11.9. The Morgan fingerprint density at radius 3 is 1.61 bits per heavy atom. The molecule has 0 rings (SSSR count). The van der Waals surface area contributed by atoms with Crippen LogP contribution in [-0.2, 0) is 9.53 Å². The number of hydrogen-bond donors (Lipinski definition) is 0. The Morgan fingerprint density at radius 2 is 1.50 bits per heavy atom. The number of carbonyl (C=O) groups is 1. The van der Waals surface area contributed by atoms with E-state index in [0.717, 1.165) is 6.26 Å². The Bertz CT molecular complexity index is 369. The van der Waals surface area contributed by atoms with Crippen molar-refractivity contribution in [3.05, 3.63) is 12.8 Å². The maximum Gasteiger partial charge on any atom is 0.307 e. The zero-order valence-electron chi connectivity index (χ0n) is 11.4. The standard InChI is InChI=1S/C8H12N4.C4H6O2/c1-7(2,5-9)11-12-8(3,4)6-10;1-3-6-4(2)5/h1-4H3;3H,1H2,2H3. The van der Waals surface area contributed by atoms with E-state index in [1.165, 1.54) is 6.92 Å². The number of nitrogens with zero attached hydrogens (tertiary/aromatic N) is 4. The first-order valence-corrected chi connectivity index (χ1v) is 5.15. The Kier molecular flexibility index (Phi) is 8.04. The average Bonchev–Trinajstić information content (AvgIpc) is 2.28. The molecule has 0 aliphatic heterocycles. The minimum Gasteiger partial charge on any atom is -0.435 e. The molecule has 0 amide bonds. The van der Waals surface area contributed by atoms with Crippen molar-refractivity contribution in [1.82, 2.24) is 0 Å². The van der Waals surface area contributed by atoms with Gasteiger partial charge in [-0.25, -0.2) is 0 Å². The fraction of sp³-hybridized carbons (Fsp3) is 0.583. The molecular weight excluding hydrogens is 232 g/mol. The zero-order valence-corrected chi connectivity index (χ0v) is 11.4. The van der Waals surface area contributed by atoms with Gasteiger partial charge in [-0.2, -0.15) is 20.8 Å². The van der Waals surface area contributed by atoms with Gasteiger partial charge in [-0.05, 0) is 27.7 Å². The topological polar surface area (TPSA) is 98.6 Å². The van der Waals surface area contributed by atoms with Crippen LogP contribution in [0.25, 0.3) is 0 Å². The van der Waals surface area contributed by atoms with Gasteiger partial charge in [0, 0.05) is 6.92 Å². The summed E-state index contributed by atoms with van der Waals surface area (Å²) in [5.74, 6) is -0.329. The normalized spacial score (nSPS) is 10.6. The van der Waals surface area contributed by atoms with E-state index in [1.807, 2.05) is 12.1 Å². The van der Waals surface area contributed by atoms with Crippen LogP contribution in [-0.4, -0.2) is 17.0 Å². The first-order chi connectivity index (χ1) is 8.10. The van der Waals surface area contributed by atoms with Crippen molar-refractivity contribution in [2.45, 2.75) is 45.7 Å². The van der Waals surface area contributed by atoms with Crippen molar-refractivity contribution in [1.29, 1.82) is 10.5 Å². The van der Waals surface area contributed by atoms with E-state index in [0.29, 0.717) is 0 Å². The molecule has 6 nitrogen and oxygen atoms in total. The van der Waals surface area contributed by atoms with Crippen LogP contribution < -0.4 is 0 Å². The van der Waals surface area contributed by atoms with Gasteiger partial charge < -0.3 is 4.74 Å². The van der Waals surface area contributed by atoms with Crippen LogP contribution >= 0.6 is 0 Å². The van der Waals surface area contributed by atoms with Gasteiger partial charge >= 0.3 is 5.97 Å². The third-order valence-corrected chi connectivity index (χ3v) is 1.35. The summed E-state index contributed by atoms with van der Waals surface area (Å²) in [5, 5.41) is 24.7. The van der Waals surface area contributed by atoms with Gasteiger partial charge in [0.25, 0.3) is 0 Å². The summed E-state index contributed by atoms with van der Waals surface area (Å²) in [6.45, 7) is 11.1. The lowest BCUT2D eigenvalue weighted by Crippen LogP contribution is -2.17. The highest BCUT2D eigenvalue weighted by Crippen LogP contribution is 2.13. The van der Waals surface area contributed by atoms with Gasteiger partial charge in [0.1, 0.15) is 0 Å². The molecule has 0 heterocycles. The summed E-state index contributed by atoms with van der Waals surface area (Å²) in [6, 6.07) is 3.94. The lowest BCUT2D eigenvalue weighted by Gasteiger charge is -2.11. The van der Waals surface area contributed by atoms with Crippen LogP contribution in [0.4, 0.5) is 0 Å². The molecule has 0 aromatic rings. The lowest BCUT2D eigenvalue weighted by atomic mass is 10.1. The van der Waals surface area contributed by atoms with Crippen LogP contribution in [0.5, 0.6) is 0 Å². The number of esters is 1. The molecule has 0 saturated heterocycles. The van der Waals surface area contributed by atoms with E-state index in [1.54, 1.807) is 27.7 Å². The van der Waals surface area contributed by atoms with Crippen molar-refractivity contribution in [3.63, 3.8) is 0 Å². The largest absolute Gasteiger partial charge is 0.435 e. The number of ether oxygens (including phenoxy) is 1. The maximum atomic E-state index is 9.75. The molecule has 98 valence electrons. The second-order valence-corrected chi connectivity index (χ2v) is 4.32. The van der Waals surface area contributed by atoms with Crippen molar-refractivity contribution >= 4 is 5.97 Å². The number of azo groups is 1. The van der Waals surface area contributed by atoms with Crippen molar-refractivity contribution in [2.75, 3.05) is 0 Å². The molecule has 0 unspecified atom stereocenters. The van der Waals surface area contributed by atoms with E-state index in [4.69, 9.17) is 10.5 Å². The van der Waals surface area contributed by atoms with E-state index in [-0.39, 0.29) is 5.97 Å². The SMILES string of the molecule is C=COC(C)=O.CC(C)(C#N)N=NC(C)(C)C#N. The molecule has 0 bridgehead atoms. The quantitative estimate of drug-likeness (QED) is 0.436. The van der Waals surface area contributed by atoms with Gasteiger partial charge in [-0.15, -0.1) is 0 Å². The average molecular weight is 250 g/mol. The summed E-state index contributed by atoms with van der Waals surface area (Å²) >= 11 is 0. The molecular formula is C12H18N4O2. The van der Waals surface area contributed by atoms with Crippen LogP contribution in [0.1, 0.15) is 34.6 Å². The second-order valence-electron chi connectivity index (χ2n) is 4.32. The summed E-state index contributed by atoms with van der Waals surface area (Å²) in [6.07, 6.45) is 1.10. The monoisotopic (exact) mass is 250 g/mol. The highest BCUT2D eigenvalue weighted by atomic mass is 16.5. The Labute approximate surface area is 108 Å². The number of nitriles is 2. The molecule has 0 aromatic heterocycles. The molecule has 0 N–H and O–H groups in total. The maximum absolute atomic E-state index is 9.75. The summed E-state index contributed by atoms with van der Waals surface area (Å²) in [5.41, 5.74) is -1.68. The molecule has 0 aromatic carbocycles. The fourth-order valence-corrected chi connectivity index (χ4v) is 0.412. The van der Waals surface area contributed by atoms with Gasteiger partial charge in [0.15, 0.2) is 11.1 Å². The second kappa shape index (κ2) is 7.97. The Balaban J connectivity index is 0. The summed E-state index contributed by atoms with van der Waals surface area (Å²) in [7, 11) is 0. The number of hydrogen-bond acceptors (Lipinski definition) is 6. The summed E-state index contributed by atoms with van der Waals surface area (Å²) in [4.78, 5) is 9.75.